The Morgan fingerprint density at radius 2 is 2.28 bits per heavy atom. The number of nitrogens with one attached hydrogen (secondary N) is 1. The van der Waals surface area contributed by atoms with Gasteiger partial charge in [-0.15, -0.1) is 0 Å². The summed E-state index contributed by atoms with van der Waals surface area (Å²) in [5.74, 6) is 1.43. The smallest absolute Gasteiger partial charge is 0.317 e. The highest BCUT2D eigenvalue weighted by atomic mass is 16.5. The van der Waals surface area contributed by atoms with Crippen molar-refractivity contribution in [3.05, 3.63) is 41.7 Å². The Kier molecular flexibility index (Phi) is 4.42. The van der Waals surface area contributed by atoms with Crippen molar-refractivity contribution < 1.29 is 14.6 Å². The predicted molar refractivity (Wildman–Crippen MR) is 94.7 cm³/mol. The molecule has 1 aromatic heterocycles. The second kappa shape index (κ2) is 6.68. The molecule has 25 heavy (non-hydrogen) atoms. The predicted octanol–water partition coefficient (Wildman–Crippen LogP) is 2.28. The number of amides is 2. The molecule has 0 spiro atoms. The van der Waals surface area contributed by atoms with E-state index >= 15 is 0 Å². The Hall–Kier alpha value is -3.29. The highest BCUT2D eigenvalue weighted by molar-refractivity contribution is 5.87. The van der Waals surface area contributed by atoms with Crippen LogP contribution in [0, 0.1) is 0 Å². The molecule has 1 aromatic carbocycles. The van der Waals surface area contributed by atoms with Crippen LogP contribution in [0.3, 0.4) is 0 Å². The number of aromatic nitrogens is 2. The number of benzene rings is 1. The van der Waals surface area contributed by atoms with Crippen LogP contribution in [0.4, 0.5) is 16.4 Å². The van der Waals surface area contributed by atoms with E-state index in [1.54, 1.807) is 12.1 Å². The fourth-order valence-electron chi connectivity index (χ4n) is 2.84. The first kappa shape index (κ1) is 16.6. The van der Waals surface area contributed by atoms with E-state index < -0.39 is 6.03 Å². The number of primary amides is 1. The van der Waals surface area contributed by atoms with Crippen LogP contribution in [0.1, 0.15) is 24.2 Å². The number of methoxy groups -OCH3 is 1. The van der Waals surface area contributed by atoms with E-state index in [-0.39, 0.29) is 11.8 Å². The molecule has 0 saturated heterocycles. The lowest BCUT2D eigenvalue weighted by Crippen LogP contribution is -2.31. The molecule has 3 rings (SSSR count). The minimum absolute atomic E-state index is 0.0854. The number of nitrogens with zero attached hydrogens (tertiary/aromatic N) is 3. The minimum atomic E-state index is -0.691. The molecule has 1 unspecified atom stereocenters. The second-order valence-electron chi connectivity index (χ2n) is 5.47. The maximum atomic E-state index is 11.1. The number of urea groups is 1. The quantitative estimate of drug-likeness (QED) is 0.786. The van der Waals surface area contributed by atoms with Crippen LogP contribution in [-0.2, 0) is 0 Å². The van der Waals surface area contributed by atoms with Crippen molar-refractivity contribution in [2.75, 3.05) is 23.9 Å². The standard InChI is InChI=1S/C17H19N5O3/c1-3-22-12(10-4-7-13(23)14(8-10)25-2)6-5-11-16(22)20-15(9-19-11)21-17(18)24/h4-9,12,23H,3H2,1-2H3,(H3,18,20,21,24). The maximum absolute atomic E-state index is 11.1. The molecular weight excluding hydrogens is 322 g/mol. The number of fused-ring (bicyclic) bond motifs is 1. The topological polar surface area (TPSA) is 114 Å². The number of carbonyl (C=O) groups excluding carboxylic acids is 1. The van der Waals surface area contributed by atoms with Gasteiger partial charge in [-0.3, -0.25) is 5.32 Å². The Labute approximate surface area is 145 Å². The number of anilines is 2. The van der Waals surface area contributed by atoms with E-state index in [4.69, 9.17) is 10.5 Å². The molecular formula is C17H19N5O3. The van der Waals surface area contributed by atoms with Crippen LogP contribution in [0.5, 0.6) is 11.5 Å². The first-order chi connectivity index (χ1) is 12.0. The number of phenolic OH excluding ortho intramolecular Hbond substituents is 1. The van der Waals surface area contributed by atoms with Gasteiger partial charge in [-0.05, 0) is 30.7 Å². The minimum Gasteiger partial charge on any atom is -0.504 e. The van der Waals surface area contributed by atoms with Gasteiger partial charge in [0.25, 0.3) is 0 Å². The third-order valence-electron chi connectivity index (χ3n) is 3.96. The fraction of sp³-hybridized carbons (Fsp3) is 0.235. The second-order valence-corrected chi connectivity index (χ2v) is 5.47. The molecule has 0 aliphatic carbocycles. The summed E-state index contributed by atoms with van der Waals surface area (Å²) in [7, 11) is 1.51. The van der Waals surface area contributed by atoms with Gasteiger partial charge in [0.15, 0.2) is 23.1 Å². The van der Waals surface area contributed by atoms with Crippen LogP contribution in [0.25, 0.3) is 6.08 Å². The normalized spacial score (nSPS) is 15.6. The van der Waals surface area contributed by atoms with Gasteiger partial charge in [-0.2, -0.15) is 0 Å². The molecule has 0 fully saturated rings. The number of aromatic hydroxyl groups is 1. The van der Waals surface area contributed by atoms with Gasteiger partial charge in [0.1, 0.15) is 5.69 Å². The maximum Gasteiger partial charge on any atom is 0.317 e. The summed E-state index contributed by atoms with van der Waals surface area (Å²) in [6.07, 6.45) is 5.35. The van der Waals surface area contributed by atoms with Crippen molar-refractivity contribution in [3.63, 3.8) is 0 Å². The van der Waals surface area contributed by atoms with Crippen LogP contribution < -0.4 is 20.7 Å². The van der Waals surface area contributed by atoms with Crippen molar-refractivity contribution in [2.45, 2.75) is 13.0 Å². The van der Waals surface area contributed by atoms with Crippen LogP contribution in [-0.4, -0.2) is 34.8 Å². The Balaban J connectivity index is 2.01. The number of hydrogen-bond acceptors (Lipinski definition) is 6. The summed E-state index contributed by atoms with van der Waals surface area (Å²) in [5, 5.41) is 12.2. The molecule has 1 aliphatic rings. The summed E-state index contributed by atoms with van der Waals surface area (Å²) in [4.78, 5) is 21.9. The molecule has 2 heterocycles. The zero-order valence-corrected chi connectivity index (χ0v) is 13.9. The Morgan fingerprint density at radius 3 is 2.96 bits per heavy atom. The fourth-order valence-corrected chi connectivity index (χ4v) is 2.84. The van der Waals surface area contributed by atoms with Gasteiger partial charge < -0.3 is 20.5 Å². The van der Waals surface area contributed by atoms with Gasteiger partial charge in [0.05, 0.1) is 19.3 Å². The number of carbonyl (C=O) groups is 1. The van der Waals surface area contributed by atoms with Crippen molar-refractivity contribution >= 4 is 23.7 Å². The van der Waals surface area contributed by atoms with Crippen molar-refractivity contribution in [2.24, 2.45) is 5.73 Å². The Bertz CT molecular complexity index is 837. The summed E-state index contributed by atoms with van der Waals surface area (Å²) in [6.45, 7) is 2.67. The number of nitrogens with two attached hydrogens (primary N) is 1. The molecule has 1 atom stereocenters. The molecule has 1 aliphatic heterocycles. The van der Waals surface area contributed by atoms with Gasteiger partial charge in [0.2, 0.25) is 0 Å². The zero-order chi connectivity index (χ0) is 18.0. The average molecular weight is 341 g/mol. The highest BCUT2D eigenvalue weighted by Gasteiger charge is 2.26. The number of likely N-dealkylation sites (N-methyl/N-ethyl adjacent to an activating group) is 1. The summed E-state index contributed by atoms with van der Waals surface area (Å²) in [5.41, 5.74) is 6.79. The molecule has 130 valence electrons. The first-order valence-corrected chi connectivity index (χ1v) is 7.78. The number of hydrogen-bond donors (Lipinski definition) is 3. The molecule has 8 heteroatoms. The molecule has 0 bridgehead atoms. The monoisotopic (exact) mass is 341 g/mol. The lowest BCUT2D eigenvalue weighted by molar-refractivity contribution is 0.259. The lowest BCUT2D eigenvalue weighted by Gasteiger charge is -2.34. The highest BCUT2D eigenvalue weighted by Crippen LogP contribution is 2.37. The van der Waals surface area contributed by atoms with E-state index in [0.717, 1.165) is 5.56 Å². The molecule has 2 amide bonds. The van der Waals surface area contributed by atoms with Gasteiger partial charge in [-0.1, -0.05) is 12.1 Å². The summed E-state index contributed by atoms with van der Waals surface area (Å²) < 4.78 is 5.20. The molecule has 0 radical (unpaired) electrons. The van der Waals surface area contributed by atoms with E-state index in [0.29, 0.717) is 29.6 Å². The van der Waals surface area contributed by atoms with Gasteiger partial charge >= 0.3 is 6.03 Å². The zero-order valence-electron chi connectivity index (χ0n) is 13.9. The van der Waals surface area contributed by atoms with Crippen molar-refractivity contribution in [3.8, 4) is 11.5 Å². The summed E-state index contributed by atoms with van der Waals surface area (Å²) in [6, 6.07) is 4.42. The third-order valence-corrected chi connectivity index (χ3v) is 3.96. The van der Waals surface area contributed by atoms with Crippen LogP contribution in [0.2, 0.25) is 0 Å². The van der Waals surface area contributed by atoms with E-state index in [2.05, 4.69) is 15.3 Å². The number of rotatable bonds is 4. The third kappa shape index (κ3) is 3.18. The summed E-state index contributed by atoms with van der Waals surface area (Å²) >= 11 is 0. The van der Waals surface area contributed by atoms with E-state index in [9.17, 15) is 9.90 Å². The number of ether oxygens (including phenoxy) is 1. The van der Waals surface area contributed by atoms with Gasteiger partial charge in [0, 0.05) is 6.54 Å². The van der Waals surface area contributed by atoms with E-state index in [1.165, 1.54) is 13.3 Å². The molecule has 8 nitrogen and oxygen atoms in total. The molecule has 0 saturated carbocycles. The lowest BCUT2D eigenvalue weighted by atomic mass is 10.0. The first-order valence-electron chi connectivity index (χ1n) is 7.78. The SMILES string of the molecule is CCN1c2nc(NC(N)=O)cnc2C=CC1c1ccc(O)c(OC)c1. The van der Waals surface area contributed by atoms with E-state index in [1.807, 2.05) is 30.0 Å². The van der Waals surface area contributed by atoms with Gasteiger partial charge in [-0.25, -0.2) is 14.8 Å². The number of phenols is 1. The average Bonchev–Trinajstić information content (AvgIpc) is 2.60. The molecule has 4 N–H and O–H groups in total. The molecule has 2 aromatic rings. The van der Waals surface area contributed by atoms with Crippen LogP contribution >= 0.6 is 0 Å². The van der Waals surface area contributed by atoms with Crippen molar-refractivity contribution in [1.82, 2.24) is 9.97 Å². The largest absolute Gasteiger partial charge is 0.504 e. The van der Waals surface area contributed by atoms with Crippen LogP contribution in [0.15, 0.2) is 30.5 Å². The van der Waals surface area contributed by atoms with Crippen molar-refractivity contribution in [1.29, 1.82) is 0 Å². The Morgan fingerprint density at radius 1 is 1.48 bits per heavy atom.